The number of hydrogen-bond donors (Lipinski definition) is 0. The van der Waals surface area contributed by atoms with E-state index in [9.17, 15) is 4.79 Å². The highest BCUT2D eigenvalue weighted by Gasteiger charge is 2.12. The molecule has 2 heteroatoms. The van der Waals surface area contributed by atoms with Crippen molar-refractivity contribution in [3.05, 3.63) is 82.9 Å². The van der Waals surface area contributed by atoms with Crippen LogP contribution in [0.3, 0.4) is 0 Å². The lowest BCUT2D eigenvalue weighted by Crippen LogP contribution is -2.04. The van der Waals surface area contributed by atoms with Gasteiger partial charge >= 0.3 is 0 Å². The Morgan fingerprint density at radius 3 is 2.20 bits per heavy atom. The Balaban J connectivity index is 2.02. The standard InChI is InChI=1S/C18H13ClO/c19-17-11-10-16(14-8-4-5-9-15(14)17)18(20)12-13-6-2-1-3-7-13/h1-11H,12H2. The van der Waals surface area contributed by atoms with Gasteiger partial charge in [-0.15, -0.1) is 0 Å². The average molecular weight is 281 g/mol. The predicted octanol–water partition coefficient (Wildman–Crippen LogP) is 4.92. The fourth-order valence-electron chi connectivity index (χ4n) is 2.38. The maximum absolute atomic E-state index is 12.5. The molecule has 0 aliphatic carbocycles. The summed E-state index contributed by atoms with van der Waals surface area (Å²) in [5, 5.41) is 2.52. The molecule has 0 aliphatic rings. The largest absolute Gasteiger partial charge is 0.294 e. The summed E-state index contributed by atoms with van der Waals surface area (Å²) >= 11 is 6.18. The fourth-order valence-corrected chi connectivity index (χ4v) is 2.61. The van der Waals surface area contributed by atoms with Crippen LogP contribution in [0, 0.1) is 0 Å². The fraction of sp³-hybridized carbons (Fsp3) is 0.0556. The van der Waals surface area contributed by atoms with Gasteiger partial charge < -0.3 is 0 Å². The van der Waals surface area contributed by atoms with Crippen LogP contribution in [-0.2, 0) is 6.42 Å². The first-order valence-corrected chi connectivity index (χ1v) is 6.88. The Bertz CT molecular complexity index is 763. The van der Waals surface area contributed by atoms with E-state index in [-0.39, 0.29) is 5.78 Å². The van der Waals surface area contributed by atoms with Crippen LogP contribution in [0.25, 0.3) is 10.8 Å². The van der Waals surface area contributed by atoms with Crippen LogP contribution in [0.1, 0.15) is 15.9 Å². The average Bonchev–Trinajstić information content (AvgIpc) is 2.49. The summed E-state index contributed by atoms with van der Waals surface area (Å²) in [4.78, 5) is 12.5. The third kappa shape index (κ3) is 2.45. The molecule has 0 bridgehead atoms. The monoisotopic (exact) mass is 280 g/mol. The number of fused-ring (bicyclic) bond motifs is 1. The van der Waals surface area contributed by atoms with E-state index in [1.165, 1.54) is 0 Å². The molecule has 0 unspecified atom stereocenters. The third-order valence-electron chi connectivity index (χ3n) is 3.38. The summed E-state index contributed by atoms with van der Waals surface area (Å²) in [6, 6.07) is 21.1. The van der Waals surface area contributed by atoms with Crippen molar-refractivity contribution in [1.29, 1.82) is 0 Å². The third-order valence-corrected chi connectivity index (χ3v) is 3.71. The van der Waals surface area contributed by atoms with Crippen LogP contribution in [0.5, 0.6) is 0 Å². The van der Waals surface area contributed by atoms with Gasteiger partial charge in [-0.3, -0.25) is 4.79 Å². The first-order chi connectivity index (χ1) is 9.75. The van der Waals surface area contributed by atoms with Crippen molar-refractivity contribution in [2.45, 2.75) is 6.42 Å². The summed E-state index contributed by atoms with van der Waals surface area (Å²) in [7, 11) is 0. The first kappa shape index (κ1) is 12.9. The van der Waals surface area contributed by atoms with E-state index in [0.29, 0.717) is 11.4 Å². The molecule has 20 heavy (non-hydrogen) atoms. The molecule has 3 aromatic carbocycles. The molecular weight excluding hydrogens is 268 g/mol. The van der Waals surface area contributed by atoms with Gasteiger partial charge in [-0.05, 0) is 23.1 Å². The molecule has 0 fully saturated rings. The molecule has 0 radical (unpaired) electrons. The number of ketones is 1. The maximum atomic E-state index is 12.5. The second-order valence-electron chi connectivity index (χ2n) is 4.73. The van der Waals surface area contributed by atoms with E-state index >= 15 is 0 Å². The van der Waals surface area contributed by atoms with Crippen molar-refractivity contribution >= 4 is 28.2 Å². The predicted molar refractivity (Wildman–Crippen MR) is 83.4 cm³/mol. The Morgan fingerprint density at radius 1 is 0.800 bits per heavy atom. The normalized spacial score (nSPS) is 10.7. The van der Waals surface area contributed by atoms with Crippen LogP contribution in [0.2, 0.25) is 5.02 Å². The zero-order valence-electron chi connectivity index (χ0n) is 10.8. The van der Waals surface area contributed by atoms with Crippen molar-refractivity contribution in [2.24, 2.45) is 0 Å². The highest BCUT2D eigenvalue weighted by Crippen LogP contribution is 2.27. The second-order valence-corrected chi connectivity index (χ2v) is 5.13. The quantitative estimate of drug-likeness (QED) is 0.623. The number of Topliss-reactive ketones (excluding diaryl/α,β-unsaturated/α-hetero) is 1. The molecule has 1 nitrogen and oxygen atoms in total. The van der Waals surface area contributed by atoms with Gasteiger partial charge in [0.2, 0.25) is 0 Å². The van der Waals surface area contributed by atoms with Crippen molar-refractivity contribution in [2.75, 3.05) is 0 Å². The van der Waals surface area contributed by atoms with E-state index in [2.05, 4.69) is 0 Å². The van der Waals surface area contributed by atoms with Crippen LogP contribution in [0.4, 0.5) is 0 Å². The number of hydrogen-bond acceptors (Lipinski definition) is 1. The van der Waals surface area contributed by atoms with Crippen molar-refractivity contribution in [3.8, 4) is 0 Å². The van der Waals surface area contributed by atoms with E-state index in [0.717, 1.165) is 21.9 Å². The number of carbonyl (C=O) groups excluding carboxylic acids is 1. The summed E-state index contributed by atoms with van der Waals surface area (Å²) in [5.41, 5.74) is 1.75. The lowest BCUT2D eigenvalue weighted by Gasteiger charge is -2.07. The minimum absolute atomic E-state index is 0.115. The molecule has 0 aliphatic heterocycles. The number of halogens is 1. The highest BCUT2D eigenvalue weighted by molar-refractivity contribution is 6.36. The molecule has 0 saturated heterocycles. The number of carbonyl (C=O) groups is 1. The molecule has 0 spiro atoms. The van der Waals surface area contributed by atoms with Crippen molar-refractivity contribution in [3.63, 3.8) is 0 Å². The Kier molecular flexibility index (Phi) is 3.53. The lowest BCUT2D eigenvalue weighted by atomic mass is 9.97. The molecule has 0 aromatic heterocycles. The highest BCUT2D eigenvalue weighted by atomic mass is 35.5. The van der Waals surface area contributed by atoms with Gasteiger partial charge in [-0.25, -0.2) is 0 Å². The lowest BCUT2D eigenvalue weighted by molar-refractivity contribution is 0.0994. The molecule has 3 rings (SSSR count). The van der Waals surface area contributed by atoms with Crippen LogP contribution in [0.15, 0.2) is 66.7 Å². The number of benzene rings is 3. The zero-order valence-corrected chi connectivity index (χ0v) is 11.6. The smallest absolute Gasteiger partial charge is 0.167 e. The number of rotatable bonds is 3. The molecular formula is C18H13ClO. The molecule has 0 atom stereocenters. The van der Waals surface area contributed by atoms with E-state index in [1.54, 1.807) is 6.07 Å². The first-order valence-electron chi connectivity index (χ1n) is 6.50. The van der Waals surface area contributed by atoms with Crippen molar-refractivity contribution < 1.29 is 4.79 Å². The van der Waals surface area contributed by atoms with Gasteiger partial charge in [0.25, 0.3) is 0 Å². The summed E-state index contributed by atoms with van der Waals surface area (Å²) in [6.07, 6.45) is 0.409. The Labute approximate surface area is 122 Å². The molecule has 0 saturated carbocycles. The van der Waals surface area contributed by atoms with Crippen LogP contribution >= 0.6 is 11.6 Å². The zero-order chi connectivity index (χ0) is 13.9. The summed E-state index contributed by atoms with van der Waals surface area (Å²) < 4.78 is 0. The van der Waals surface area contributed by atoms with Gasteiger partial charge in [0, 0.05) is 22.4 Å². The minimum atomic E-state index is 0.115. The molecule has 0 N–H and O–H groups in total. The Hall–Kier alpha value is -2.12. The van der Waals surface area contributed by atoms with Crippen LogP contribution < -0.4 is 0 Å². The van der Waals surface area contributed by atoms with Crippen LogP contribution in [-0.4, -0.2) is 5.78 Å². The summed E-state index contributed by atoms with van der Waals surface area (Å²) in [6.45, 7) is 0. The minimum Gasteiger partial charge on any atom is -0.294 e. The van der Waals surface area contributed by atoms with E-state index in [4.69, 9.17) is 11.6 Å². The van der Waals surface area contributed by atoms with E-state index in [1.807, 2.05) is 60.7 Å². The summed E-state index contributed by atoms with van der Waals surface area (Å²) in [5.74, 6) is 0.115. The maximum Gasteiger partial charge on any atom is 0.167 e. The van der Waals surface area contributed by atoms with Crippen molar-refractivity contribution in [1.82, 2.24) is 0 Å². The second kappa shape index (κ2) is 5.48. The van der Waals surface area contributed by atoms with E-state index < -0.39 is 0 Å². The van der Waals surface area contributed by atoms with Gasteiger partial charge in [0.15, 0.2) is 5.78 Å². The molecule has 98 valence electrons. The van der Waals surface area contributed by atoms with Gasteiger partial charge in [0.1, 0.15) is 0 Å². The molecule has 0 heterocycles. The molecule has 0 amide bonds. The SMILES string of the molecule is O=C(Cc1ccccc1)c1ccc(Cl)c2ccccc12. The van der Waals surface area contributed by atoms with Gasteiger partial charge in [-0.2, -0.15) is 0 Å². The topological polar surface area (TPSA) is 17.1 Å². The van der Waals surface area contributed by atoms with Gasteiger partial charge in [-0.1, -0.05) is 66.2 Å². The molecule has 3 aromatic rings. The Morgan fingerprint density at radius 2 is 1.45 bits per heavy atom. The van der Waals surface area contributed by atoms with Gasteiger partial charge in [0.05, 0.1) is 0 Å².